The van der Waals surface area contributed by atoms with Crippen molar-refractivity contribution < 1.29 is 0 Å². The molecule has 0 unspecified atom stereocenters. The maximum Gasteiger partial charge on any atom is 0.141 e. The van der Waals surface area contributed by atoms with Gasteiger partial charge >= 0.3 is 0 Å². The number of nitrogens with two attached hydrogens (primary N) is 1. The van der Waals surface area contributed by atoms with Gasteiger partial charge < -0.3 is 11.1 Å². The molecule has 0 bridgehead atoms. The van der Waals surface area contributed by atoms with Gasteiger partial charge in [-0.1, -0.05) is 25.4 Å². The molecule has 0 atom stereocenters. The molecule has 0 radical (unpaired) electrons. The Balaban J connectivity index is 0.000000192. The summed E-state index contributed by atoms with van der Waals surface area (Å²) in [7, 11) is 0. The van der Waals surface area contributed by atoms with E-state index in [1.807, 2.05) is 13.0 Å². The minimum absolute atomic E-state index is 0.552. The molecule has 0 saturated heterocycles. The van der Waals surface area contributed by atoms with Gasteiger partial charge in [-0.3, -0.25) is 0 Å². The van der Waals surface area contributed by atoms with Crippen molar-refractivity contribution in [2.45, 2.75) is 47.1 Å². The molecule has 0 aliphatic rings. The molecule has 0 spiro atoms. The lowest BCUT2D eigenvalue weighted by atomic mass is 10.1. The Morgan fingerprint density at radius 2 is 1.50 bits per heavy atom. The largest absolute Gasteiger partial charge is 0.384 e. The van der Waals surface area contributed by atoms with E-state index in [2.05, 4.69) is 63.1 Å². The van der Waals surface area contributed by atoms with Crippen LogP contribution in [0.4, 0.5) is 11.6 Å². The number of anilines is 2. The Morgan fingerprint density at radius 3 is 2.12 bits per heavy atom. The van der Waals surface area contributed by atoms with Crippen LogP contribution in [0.1, 0.15) is 40.4 Å². The maximum absolute atomic E-state index is 5.88. The Hall–Kier alpha value is -2.88. The van der Waals surface area contributed by atoms with Gasteiger partial charge in [0.05, 0.1) is 5.39 Å². The fraction of sp³-hybridized carbons (Fsp3) is 0.292. The first kappa shape index (κ1) is 24.3. The van der Waals surface area contributed by atoms with Crippen LogP contribution in [0.2, 0.25) is 5.15 Å². The Bertz CT molecular complexity index is 1420. The van der Waals surface area contributed by atoms with Crippen molar-refractivity contribution >= 4 is 66.3 Å². The van der Waals surface area contributed by atoms with Crippen LogP contribution in [-0.2, 0) is 19.4 Å². The lowest BCUT2D eigenvalue weighted by Gasteiger charge is -2.12. The highest BCUT2D eigenvalue weighted by Crippen LogP contribution is 2.29. The smallest absolute Gasteiger partial charge is 0.141 e. The summed E-state index contributed by atoms with van der Waals surface area (Å²) in [5, 5.41) is 6.03. The van der Waals surface area contributed by atoms with E-state index in [4.69, 9.17) is 17.3 Å². The van der Waals surface area contributed by atoms with Gasteiger partial charge in [0.25, 0.3) is 0 Å². The minimum Gasteiger partial charge on any atom is -0.384 e. The highest BCUT2D eigenvalue weighted by Gasteiger charge is 2.10. The van der Waals surface area contributed by atoms with Gasteiger partial charge in [-0.05, 0) is 56.0 Å². The summed E-state index contributed by atoms with van der Waals surface area (Å²) in [4.78, 5) is 25.7. The summed E-state index contributed by atoms with van der Waals surface area (Å²) in [5.41, 5.74) is 9.03. The molecule has 5 rings (SSSR count). The number of aromatic nitrogens is 5. The third-order valence-electron chi connectivity index (χ3n) is 5.42. The third-order valence-corrected chi connectivity index (χ3v) is 8.09. The lowest BCUT2D eigenvalue weighted by Crippen LogP contribution is -2.07. The molecular formula is C24H26ClN7S2. The van der Waals surface area contributed by atoms with Gasteiger partial charge in [-0.15, -0.1) is 22.7 Å². The molecule has 176 valence electrons. The van der Waals surface area contributed by atoms with Gasteiger partial charge in [0.15, 0.2) is 0 Å². The molecule has 0 saturated carbocycles. The van der Waals surface area contributed by atoms with Crippen molar-refractivity contribution in [2.24, 2.45) is 0 Å². The number of hydrogen-bond acceptors (Lipinski definition) is 9. The molecule has 7 nitrogen and oxygen atoms in total. The Kier molecular flexibility index (Phi) is 7.55. The van der Waals surface area contributed by atoms with Gasteiger partial charge in [-0.25, -0.2) is 24.9 Å². The monoisotopic (exact) mass is 511 g/mol. The fourth-order valence-corrected chi connectivity index (χ4v) is 5.71. The van der Waals surface area contributed by atoms with Crippen molar-refractivity contribution in [3.63, 3.8) is 0 Å². The molecule has 10 heteroatoms. The van der Waals surface area contributed by atoms with Crippen LogP contribution < -0.4 is 11.1 Å². The summed E-state index contributed by atoms with van der Waals surface area (Å²) in [5.74, 6) is 1.44. The van der Waals surface area contributed by atoms with Gasteiger partial charge in [0.2, 0.25) is 0 Å². The van der Waals surface area contributed by atoms with Crippen LogP contribution in [0.25, 0.3) is 20.4 Å². The number of hydrogen-bond donors (Lipinski definition) is 2. The van der Waals surface area contributed by atoms with Crippen molar-refractivity contribution in [3.8, 4) is 0 Å². The zero-order chi connectivity index (χ0) is 24.2. The second kappa shape index (κ2) is 10.6. The van der Waals surface area contributed by atoms with E-state index in [-0.39, 0.29) is 0 Å². The maximum atomic E-state index is 5.88. The number of thiophene rings is 2. The average Bonchev–Trinajstić information content (AvgIpc) is 3.44. The topological polar surface area (TPSA) is 102 Å². The summed E-state index contributed by atoms with van der Waals surface area (Å²) in [6.07, 6.45) is 5.15. The fourth-order valence-electron chi connectivity index (χ4n) is 3.60. The number of aryl methyl sites for hydroxylation is 4. The first-order valence-corrected chi connectivity index (χ1v) is 13.0. The molecule has 0 fully saturated rings. The summed E-state index contributed by atoms with van der Waals surface area (Å²) in [6.45, 7) is 8.98. The molecule has 0 aliphatic heterocycles. The quantitative estimate of drug-likeness (QED) is 0.264. The number of nitrogens with zero attached hydrogens (tertiary/aromatic N) is 5. The molecule has 0 amide bonds. The number of fused-ring (bicyclic) bond motifs is 2. The number of rotatable bonds is 5. The second-order valence-electron chi connectivity index (χ2n) is 7.74. The Morgan fingerprint density at radius 1 is 0.882 bits per heavy atom. The van der Waals surface area contributed by atoms with Crippen LogP contribution >= 0.6 is 34.3 Å². The van der Waals surface area contributed by atoms with E-state index in [1.165, 1.54) is 16.1 Å². The molecule has 34 heavy (non-hydrogen) atoms. The van der Waals surface area contributed by atoms with E-state index in [9.17, 15) is 0 Å². The first-order chi connectivity index (χ1) is 16.4. The van der Waals surface area contributed by atoms with Crippen molar-refractivity contribution in [2.75, 3.05) is 11.1 Å². The SMILES string of the molecule is CCc1cc2c(Cl)ncnc2s1.CCc1cc2c(NCc3c(C)cc(N)nc3C)ncnc2s1. The highest BCUT2D eigenvalue weighted by molar-refractivity contribution is 7.19. The van der Waals surface area contributed by atoms with E-state index < -0.39 is 0 Å². The van der Waals surface area contributed by atoms with Gasteiger partial charge in [0.1, 0.15) is 39.1 Å². The molecule has 0 aromatic carbocycles. The molecule has 5 heterocycles. The normalized spacial score (nSPS) is 11.0. The van der Waals surface area contributed by atoms with Crippen LogP contribution in [0, 0.1) is 13.8 Å². The van der Waals surface area contributed by atoms with Crippen LogP contribution in [0.3, 0.4) is 0 Å². The predicted octanol–water partition coefficient (Wildman–Crippen LogP) is 6.37. The molecule has 5 aromatic heterocycles. The predicted molar refractivity (Wildman–Crippen MR) is 144 cm³/mol. The van der Waals surface area contributed by atoms with E-state index in [1.54, 1.807) is 29.0 Å². The highest BCUT2D eigenvalue weighted by atomic mass is 35.5. The summed E-state index contributed by atoms with van der Waals surface area (Å²) < 4.78 is 0. The number of halogens is 1. The number of nitrogen functional groups attached to an aromatic ring is 1. The average molecular weight is 512 g/mol. The molecule has 3 N–H and O–H groups in total. The summed E-state index contributed by atoms with van der Waals surface area (Å²) in [6, 6.07) is 6.13. The molecular weight excluding hydrogens is 486 g/mol. The van der Waals surface area contributed by atoms with Gasteiger partial charge in [-0.2, -0.15) is 0 Å². The van der Waals surface area contributed by atoms with Crippen LogP contribution in [-0.4, -0.2) is 24.9 Å². The minimum atomic E-state index is 0.552. The van der Waals surface area contributed by atoms with Crippen molar-refractivity contribution in [3.05, 3.63) is 62.6 Å². The van der Waals surface area contributed by atoms with E-state index in [0.717, 1.165) is 55.9 Å². The molecule has 0 aliphatic carbocycles. The zero-order valence-corrected chi connectivity index (χ0v) is 21.9. The first-order valence-electron chi connectivity index (χ1n) is 11.0. The summed E-state index contributed by atoms with van der Waals surface area (Å²) >= 11 is 9.28. The third kappa shape index (κ3) is 5.27. The Labute approximate surface area is 211 Å². The van der Waals surface area contributed by atoms with Crippen LogP contribution in [0.15, 0.2) is 30.9 Å². The standard InChI is InChI=1S/C16H19N5S.C8H7ClN2S/c1-4-11-6-12-15(19-8-20-16(12)22-11)18-7-13-9(2)5-14(17)21-10(13)3;1-2-5-3-6-7(9)10-4-11-8(6)12-5/h5-6,8H,4,7H2,1-3H3,(H2,17,21)(H,18,19,20);3-4H,2H2,1H3. The number of nitrogens with one attached hydrogen (secondary N) is 1. The number of pyridine rings is 1. The van der Waals surface area contributed by atoms with E-state index >= 15 is 0 Å². The lowest BCUT2D eigenvalue weighted by molar-refractivity contribution is 1.02. The van der Waals surface area contributed by atoms with E-state index in [0.29, 0.717) is 17.5 Å². The van der Waals surface area contributed by atoms with Crippen LogP contribution in [0.5, 0.6) is 0 Å². The zero-order valence-electron chi connectivity index (χ0n) is 19.5. The van der Waals surface area contributed by atoms with Crippen molar-refractivity contribution in [1.29, 1.82) is 0 Å². The van der Waals surface area contributed by atoms with Crippen molar-refractivity contribution in [1.82, 2.24) is 24.9 Å². The second-order valence-corrected chi connectivity index (χ2v) is 10.3. The molecule has 5 aromatic rings. The van der Waals surface area contributed by atoms with Gasteiger partial charge in [0, 0.05) is 27.4 Å².